The van der Waals surface area contributed by atoms with Gasteiger partial charge >= 0.3 is 12.2 Å². The Balaban J connectivity index is 3.31. The molecular formula is C4H7N3O3. The van der Waals surface area contributed by atoms with Gasteiger partial charge in [-0.1, -0.05) is 0 Å². The highest BCUT2D eigenvalue weighted by molar-refractivity contribution is 6.20. The van der Waals surface area contributed by atoms with Gasteiger partial charge in [-0.15, -0.1) is 0 Å². The van der Waals surface area contributed by atoms with Crippen LogP contribution in [0.4, 0.5) is 0 Å². The van der Waals surface area contributed by atoms with E-state index in [0.717, 1.165) is 0 Å². The number of rotatable bonds is 4. The average molecular weight is 145 g/mol. The molecule has 0 radical (unpaired) electrons. The average Bonchev–Trinajstić information content (AvgIpc) is 1.89. The fourth-order valence-electron chi connectivity index (χ4n) is 0.275. The Hall–Kier alpha value is -1.23. The fourth-order valence-corrected chi connectivity index (χ4v) is 0.275. The van der Waals surface area contributed by atoms with Crippen molar-refractivity contribution in [3.8, 4) is 0 Å². The monoisotopic (exact) mass is 145 g/mol. The molecular weight excluding hydrogens is 138 g/mol. The summed E-state index contributed by atoms with van der Waals surface area (Å²) in [4.78, 5) is 16.8. The predicted molar refractivity (Wildman–Crippen MR) is 30.8 cm³/mol. The standard InChI is InChI=1S/C4H7N3O3/c5-7-3-4(8)9-1-2-10-6/h3H,1-2,6H2. The molecule has 56 valence electrons. The summed E-state index contributed by atoms with van der Waals surface area (Å²) < 4.78 is 4.37. The first kappa shape index (κ1) is 8.77. The smallest absolute Gasteiger partial charge is 0.413 e. The topological polar surface area (TPSA) is 98.0 Å². The van der Waals surface area contributed by atoms with Crippen molar-refractivity contribution < 1.29 is 19.2 Å². The molecule has 0 amide bonds. The summed E-state index contributed by atoms with van der Waals surface area (Å²) in [5.41, 5.74) is 7.81. The Kier molecular flexibility index (Phi) is 5.17. The minimum atomic E-state index is -0.737. The highest BCUT2D eigenvalue weighted by atomic mass is 16.6. The number of ether oxygens (including phenoxy) is 1. The number of nitrogens with zero attached hydrogens (tertiary/aromatic N) is 2. The highest BCUT2D eigenvalue weighted by Gasteiger charge is 2.00. The van der Waals surface area contributed by atoms with Crippen molar-refractivity contribution in [2.24, 2.45) is 5.90 Å². The van der Waals surface area contributed by atoms with E-state index in [0.29, 0.717) is 6.21 Å². The van der Waals surface area contributed by atoms with Gasteiger partial charge in [0.15, 0.2) is 0 Å². The lowest BCUT2D eigenvalue weighted by Crippen LogP contribution is -2.13. The van der Waals surface area contributed by atoms with E-state index in [1.807, 2.05) is 0 Å². The van der Waals surface area contributed by atoms with Crippen molar-refractivity contribution >= 4 is 12.2 Å². The third-order valence-corrected chi connectivity index (χ3v) is 0.609. The van der Waals surface area contributed by atoms with E-state index in [-0.39, 0.29) is 13.2 Å². The molecule has 0 aromatic heterocycles. The third-order valence-electron chi connectivity index (χ3n) is 0.609. The van der Waals surface area contributed by atoms with Gasteiger partial charge in [-0.3, -0.25) is 0 Å². The molecule has 0 spiro atoms. The summed E-state index contributed by atoms with van der Waals surface area (Å²) >= 11 is 0. The maximum atomic E-state index is 10.3. The first-order chi connectivity index (χ1) is 4.81. The van der Waals surface area contributed by atoms with Crippen LogP contribution in [0.15, 0.2) is 0 Å². The van der Waals surface area contributed by atoms with Crippen LogP contribution in [0.25, 0.3) is 5.53 Å². The van der Waals surface area contributed by atoms with Gasteiger partial charge in [-0.05, 0) is 0 Å². The van der Waals surface area contributed by atoms with Gasteiger partial charge in [0.2, 0.25) is 0 Å². The minimum absolute atomic E-state index is 0.0430. The molecule has 6 nitrogen and oxygen atoms in total. The van der Waals surface area contributed by atoms with E-state index in [1.54, 1.807) is 0 Å². The molecule has 0 fully saturated rings. The van der Waals surface area contributed by atoms with Crippen LogP contribution >= 0.6 is 0 Å². The fraction of sp³-hybridized carbons (Fsp3) is 0.500. The molecule has 0 aliphatic carbocycles. The van der Waals surface area contributed by atoms with Crippen LogP contribution in [-0.2, 0) is 14.4 Å². The molecule has 0 aliphatic heterocycles. The second-order valence-corrected chi connectivity index (χ2v) is 1.28. The summed E-state index contributed by atoms with van der Waals surface area (Å²) in [6, 6.07) is 0. The number of esters is 1. The molecule has 0 unspecified atom stereocenters. The summed E-state index contributed by atoms with van der Waals surface area (Å²) in [5.74, 6) is 3.88. The minimum Gasteiger partial charge on any atom is -0.455 e. The second kappa shape index (κ2) is 5.90. The van der Waals surface area contributed by atoms with Crippen LogP contribution in [0.5, 0.6) is 0 Å². The zero-order valence-corrected chi connectivity index (χ0v) is 5.19. The SMILES string of the molecule is [N-]=[N+]=CC(=O)OCCON. The number of carbonyl (C=O) groups excluding carboxylic acids is 1. The normalized spacial score (nSPS) is 8.10. The molecule has 0 aliphatic rings. The highest BCUT2D eigenvalue weighted by Crippen LogP contribution is 1.72. The molecule has 0 heterocycles. The van der Waals surface area contributed by atoms with Gasteiger partial charge < -0.3 is 15.1 Å². The number of nitrogens with two attached hydrogens (primary N) is 1. The van der Waals surface area contributed by atoms with Crippen LogP contribution in [0.1, 0.15) is 0 Å². The molecule has 0 saturated carbocycles. The van der Waals surface area contributed by atoms with Crippen molar-refractivity contribution in [3.63, 3.8) is 0 Å². The molecule has 10 heavy (non-hydrogen) atoms. The molecule has 0 atom stereocenters. The van der Waals surface area contributed by atoms with Crippen molar-refractivity contribution in [1.82, 2.24) is 0 Å². The van der Waals surface area contributed by atoms with Crippen molar-refractivity contribution in [3.05, 3.63) is 5.53 Å². The molecule has 2 N–H and O–H groups in total. The molecule has 0 rings (SSSR count). The van der Waals surface area contributed by atoms with Crippen molar-refractivity contribution in [1.29, 1.82) is 0 Å². The first-order valence-electron chi connectivity index (χ1n) is 2.47. The Labute approximate surface area is 57.1 Å². The van der Waals surface area contributed by atoms with E-state index < -0.39 is 5.97 Å². The molecule has 0 saturated heterocycles. The largest absolute Gasteiger partial charge is 0.455 e. The Bertz CT molecular complexity index is 152. The van der Waals surface area contributed by atoms with E-state index in [4.69, 9.17) is 5.53 Å². The van der Waals surface area contributed by atoms with Crippen molar-refractivity contribution in [2.75, 3.05) is 13.2 Å². The lowest BCUT2D eigenvalue weighted by Gasteiger charge is -1.95. The maximum absolute atomic E-state index is 10.3. The lowest BCUT2D eigenvalue weighted by atomic mass is 10.7. The maximum Gasteiger partial charge on any atom is 0.413 e. The lowest BCUT2D eigenvalue weighted by molar-refractivity contribution is -0.140. The third kappa shape index (κ3) is 4.92. The summed E-state index contributed by atoms with van der Waals surface area (Å²) in [7, 11) is 0. The number of carbonyl (C=O) groups is 1. The Morgan fingerprint density at radius 3 is 2.90 bits per heavy atom. The van der Waals surface area contributed by atoms with Crippen LogP contribution in [-0.4, -0.2) is 30.2 Å². The van der Waals surface area contributed by atoms with E-state index in [1.165, 1.54) is 0 Å². The van der Waals surface area contributed by atoms with Gasteiger partial charge in [-0.2, -0.15) is 4.79 Å². The van der Waals surface area contributed by atoms with Crippen molar-refractivity contribution in [2.45, 2.75) is 0 Å². The van der Waals surface area contributed by atoms with Gasteiger partial charge in [0, 0.05) is 0 Å². The van der Waals surface area contributed by atoms with Crippen LogP contribution in [0.2, 0.25) is 0 Å². The zero-order valence-electron chi connectivity index (χ0n) is 5.19. The summed E-state index contributed by atoms with van der Waals surface area (Å²) in [5, 5.41) is 0. The van der Waals surface area contributed by atoms with E-state index in [2.05, 4.69) is 20.3 Å². The van der Waals surface area contributed by atoms with E-state index >= 15 is 0 Å². The first-order valence-corrected chi connectivity index (χ1v) is 2.47. The molecule has 0 bridgehead atoms. The van der Waals surface area contributed by atoms with Gasteiger partial charge in [0.1, 0.15) is 13.2 Å². The van der Waals surface area contributed by atoms with Crippen LogP contribution in [0, 0.1) is 0 Å². The molecule has 0 aromatic carbocycles. The molecule has 0 aromatic rings. The quantitative estimate of drug-likeness (QED) is 0.133. The molecule has 6 heteroatoms. The summed E-state index contributed by atoms with van der Waals surface area (Å²) in [6.45, 7) is 0.159. The zero-order chi connectivity index (χ0) is 7.82. The Morgan fingerprint density at radius 2 is 2.40 bits per heavy atom. The van der Waals surface area contributed by atoms with Gasteiger partial charge in [0.05, 0.1) is 0 Å². The van der Waals surface area contributed by atoms with Gasteiger partial charge in [-0.25, -0.2) is 10.7 Å². The number of hydrogen-bond donors (Lipinski definition) is 1. The second-order valence-electron chi connectivity index (χ2n) is 1.28. The van der Waals surface area contributed by atoms with Gasteiger partial charge in [0.25, 0.3) is 0 Å². The number of hydrogen-bond acceptors (Lipinski definition) is 4. The van der Waals surface area contributed by atoms with Crippen LogP contribution < -0.4 is 5.90 Å². The van der Waals surface area contributed by atoms with Crippen LogP contribution in [0.3, 0.4) is 0 Å². The Morgan fingerprint density at radius 1 is 1.70 bits per heavy atom. The summed E-state index contributed by atoms with van der Waals surface area (Å²) in [6.07, 6.45) is 0.635. The van der Waals surface area contributed by atoms with E-state index in [9.17, 15) is 4.79 Å². The predicted octanol–water partition coefficient (Wildman–Crippen LogP) is -1.28.